The summed E-state index contributed by atoms with van der Waals surface area (Å²) in [6.07, 6.45) is 5.20. The maximum absolute atomic E-state index is 11.9. The Morgan fingerprint density at radius 1 is 1.47 bits per heavy atom. The van der Waals surface area contributed by atoms with Crippen LogP contribution >= 0.6 is 11.3 Å². The molecule has 0 spiro atoms. The van der Waals surface area contributed by atoms with Gasteiger partial charge in [0.25, 0.3) is 0 Å². The zero-order valence-corrected chi connectivity index (χ0v) is 12.6. The van der Waals surface area contributed by atoms with Crippen molar-refractivity contribution in [3.8, 4) is 0 Å². The lowest BCUT2D eigenvalue weighted by atomic mass is 9.96. The van der Waals surface area contributed by atoms with Crippen molar-refractivity contribution < 1.29 is 4.79 Å². The average molecular weight is 280 g/mol. The fourth-order valence-electron chi connectivity index (χ4n) is 2.88. The molecule has 1 aromatic rings. The SMILES string of the molecule is CCNC(=O)C(C)NC(c1cccs1)C1CCCC1. The molecule has 0 aliphatic heterocycles. The Kier molecular flexibility index (Phi) is 5.40. The number of nitrogens with one attached hydrogen (secondary N) is 2. The molecule has 1 saturated carbocycles. The van der Waals surface area contributed by atoms with Crippen LogP contribution in [0.3, 0.4) is 0 Å². The molecule has 1 aliphatic rings. The predicted octanol–water partition coefficient (Wildman–Crippen LogP) is 3.09. The van der Waals surface area contributed by atoms with Gasteiger partial charge in [-0.15, -0.1) is 11.3 Å². The van der Waals surface area contributed by atoms with E-state index in [1.807, 2.05) is 13.8 Å². The van der Waals surface area contributed by atoms with Crippen LogP contribution in [0.1, 0.15) is 50.4 Å². The molecule has 2 unspecified atom stereocenters. The zero-order valence-electron chi connectivity index (χ0n) is 11.8. The maximum Gasteiger partial charge on any atom is 0.236 e. The van der Waals surface area contributed by atoms with Crippen LogP contribution in [0, 0.1) is 5.92 Å². The molecule has 0 saturated heterocycles. The highest BCUT2D eigenvalue weighted by molar-refractivity contribution is 7.10. The molecule has 1 heterocycles. The third-order valence-electron chi connectivity index (χ3n) is 3.89. The van der Waals surface area contributed by atoms with Gasteiger partial charge < -0.3 is 5.32 Å². The van der Waals surface area contributed by atoms with Crippen molar-refractivity contribution in [2.24, 2.45) is 5.92 Å². The summed E-state index contributed by atoms with van der Waals surface area (Å²) >= 11 is 1.79. The van der Waals surface area contributed by atoms with Gasteiger partial charge in [-0.05, 0) is 44.1 Å². The molecule has 2 rings (SSSR count). The molecule has 3 nitrogen and oxygen atoms in total. The van der Waals surface area contributed by atoms with E-state index in [9.17, 15) is 4.79 Å². The van der Waals surface area contributed by atoms with Gasteiger partial charge in [-0.2, -0.15) is 0 Å². The van der Waals surface area contributed by atoms with Crippen LogP contribution in [0.5, 0.6) is 0 Å². The van der Waals surface area contributed by atoms with Crippen LogP contribution in [-0.2, 0) is 4.79 Å². The Morgan fingerprint density at radius 3 is 2.79 bits per heavy atom. The number of carbonyl (C=O) groups is 1. The van der Waals surface area contributed by atoms with E-state index in [-0.39, 0.29) is 11.9 Å². The molecular weight excluding hydrogens is 256 g/mol. The van der Waals surface area contributed by atoms with E-state index in [2.05, 4.69) is 28.1 Å². The van der Waals surface area contributed by atoms with E-state index in [1.54, 1.807) is 11.3 Å². The number of hydrogen-bond acceptors (Lipinski definition) is 3. The standard InChI is InChI=1S/C15H24N2OS/c1-3-16-15(18)11(2)17-14(12-7-4-5-8-12)13-9-6-10-19-13/h6,9-12,14,17H,3-5,7-8H2,1-2H3,(H,16,18). The molecule has 0 radical (unpaired) electrons. The predicted molar refractivity (Wildman–Crippen MR) is 80.3 cm³/mol. The first-order valence-electron chi connectivity index (χ1n) is 7.29. The second kappa shape index (κ2) is 7.06. The third kappa shape index (κ3) is 3.80. The molecule has 0 bridgehead atoms. The van der Waals surface area contributed by atoms with Crippen molar-refractivity contribution >= 4 is 17.2 Å². The van der Waals surface area contributed by atoms with Gasteiger partial charge >= 0.3 is 0 Å². The van der Waals surface area contributed by atoms with Gasteiger partial charge in [-0.25, -0.2) is 0 Å². The van der Waals surface area contributed by atoms with Gasteiger partial charge in [0.15, 0.2) is 0 Å². The van der Waals surface area contributed by atoms with E-state index in [1.165, 1.54) is 30.6 Å². The van der Waals surface area contributed by atoms with Crippen LogP contribution < -0.4 is 10.6 Å². The summed E-state index contributed by atoms with van der Waals surface area (Å²) in [5.41, 5.74) is 0. The van der Waals surface area contributed by atoms with Crippen LogP contribution in [-0.4, -0.2) is 18.5 Å². The van der Waals surface area contributed by atoms with Crippen LogP contribution in [0.25, 0.3) is 0 Å². The number of thiophene rings is 1. The summed E-state index contributed by atoms with van der Waals surface area (Å²) < 4.78 is 0. The van der Waals surface area contributed by atoms with Gasteiger partial charge in [-0.3, -0.25) is 10.1 Å². The van der Waals surface area contributed by atoms with Crippen molar-refractivity contribution in [3.63, 3.8) is 0 Å². The van der Waals surface area contributed by atoms with Gasteiger partial charge in [0.2, 0.25) is 5.91 Å². The lowest BCUT2D eigenvalue weighted by molar-refractivity contribution is -0.122. The zero-order chi connectivity index (χ0) is 13.7. The first-order chi connectivity index (χ1) is 9.22. The highest BCUT2D eigenvalue weighted by Crippen LogP contribution is 2.37. The van der Waals surface area contributed by atoms with E-state index in [0.717, 1.165) is 0 Å². The number of hydrogen-bond donors (Lipinski definition) is 2. The average Bonchev–Trinajstić information content (AvgIpc) is 3.09. The number of likely N-dealkylation sites (N-methyl/N-ethyl adjacent to an activating group) is 1. The van der Waals surface area contributed by atoms with Gasteiger partial charge in [-0.1, -0.05) is 18.9 Å². The minimum absolute atomic E-state index is 0.0991. The van der Waals surface area contributed by atoms with Crippen molar-refractivity contribution in [1.29, 1.82) is 0 Å². The molecule has 2 N–H and O–H groups in total. The minimum Gasteiger partial charge on any atom is -0.355 e. The van der Waals surface area contributed by atoms with Crippen molar-refractivity contribution in [2.75, 3.05) is 6.54 Å². The fraction of sp³-hybridized carbons (Fsp3) is 0.667. The summed E-state index contributed by atoms with van der Waals surface area (Å²) in [7, 11) is 0. The Hall–Kier alpha value is -0.870. The lowest BCUT2D eigenvalue weighted by Gasteiger charge is -2.27. The van der Waals surface area contributed by atoms with Gasteiger partial charge in [0.05, 0.1) is 6.04 Å². The Bertz CT molecular complexity index is 385. The molecule has 1 amide bonds. The minimum atomic E-state index is -0.132. The highest BCUT2D eigenvalue weighted by atomic mass is 32.1. The van der Waals surface area contributed by atoms with Crippen molar-refractivity contribution in [1.82, 2.24) is 10.6 Å². The molecule has 1 aromatic heterocycles. The Balaban J connectivity index is 2.03. The summed E-state index contributed by atoms with van der Waals surface area (Å²) in [6.45, 7) is 4.61. The van der Waals surface area contributed by atoms with Gasteiger partial charge in [0, 0.05) is 17.5 Å². The first kappa shape index (κ1) is 14.5. The molecule has 19 heavy (non-hydrogen) atoms. The van der Waals surface area contributed by atoms with Crippen LogP contribution in [0.4, 0.5) is 0 Å². The molecular formula is C15H24N2OS. The summed E-state index contributed by atoms with van der Waals surface area (Å²) in [5.74, 6) is 0.776. The summed E-state index contributed by atoms with van der Waals surface area (Å²) in [4.78, 5) is 13.3. The smallest absolute Gasteiger partial charge is 0.236 e. The van der Waals surface area contributed by atoms with E-state index >= 15 is 0 Å². The Labute approximate surface area is 119 Å². The lowest BCUT2D eigenvalue weighted by Crippen LogP contribution is -2.44. The van der Waals surface area contributed by atoms with Crippen LogP contribution in [0.2, 0.25) is 0 Å². The second-order valence-corrected chi connectivity index (χ2v) is 6.30. The first-order valence-corrected chi connectivity index (χ1v) is 8.17. The normalized spacial score (nSPS) is 19.3. The number of rotatable bonds is 6. The molecule has 4 heteroatoms. The number of carbonyl (C=O) groups excluding carboxylic acids is 1. The maximum atomic E-state index is 11.9. The molecule has 2 atom stereocenters. The third-order valence-corrected chi connectivity index (χ3v) is 4.85. The molecule has 1 fully saturated rings. The largest absolute Gasteiger partial charge is 0.355 e. The topological polar surface area (TPSA) is 41.1 Å². The molecule has 0 aromatic carbocycles. The molecule has 106 valence electrons. The molecule has 1 aliphatic carbocycles. The highest BCUT2D eigenvalue weighted by Gasteiger charge is 2.29. The van der Waals surface area contributed by atoms with Gasteiger partial charge in [0.1, 0.15) is 0 Å². The van der Waals surface area contributed by atoms with Crippen molar-refractivity contribution in [3.05, 3.63) is 22.4 Å². The van der Waals surface area contributed by atoms with E-state index in [0.29, 0.717) is 18.5 Å². The monoisotopic (exact) mass is 280 g/mol. The summed E-state index contributed by atoms with van der Waals surface area (Å²) in [6, 6.07) is 4.48. The van der Waals surface area contributed by atoms with E-state index < -0.39 is 0 Å². The number of amides is 1. The van der Waals surface area contributed by atoms with Crippen LogP contribution in [0.15, 0.2) is 17.5 Å². The quantitative estimate of drug-likeness (QED) is 0.840. The Morgan fingerprint density at radius 2 is 2.21 bits per heavy atom. The fourth-order valence-corrected chi connectivity index (χ4v) is 3.76. The summed E-state index contributed by atoms with van der Waals surface area (Å²) in [5, 5.41) is 8.55. The second-order valence-electron chi connectivity index (χ2n) is 5.32. The van der Waals surface area contributed by atoms with E-state index in [4.69, 9.17) is 0 Å². The van der Waals surface area contributed by atoms with Crippen molar-refractivity contribution in [2.45, 2.75) is 51.6 Å².